The second kappa shape index (κ2) is 4.09. The van der Waals surface area contributed by atoms with Crippen LogP contribution in [0.15, 0.2) is 42.1 Å². The van der Waals surface area contributed by atoms with Crippen LogP contribution in [0.5, 0.6) is 0 Å². The average molecular weight is 187 g/mol. The molecule has 0 amide bonds. The lowest BCUT2D eigenvalue weighted by molar-refractivity contribution is -0.115. The molecule has 1 aliphatic carbocycles. The maximum atomic E-state index is 11.1. The molecule has 0 unspecified atom stereocenters. The van der Waals surface area contributed by atoms with Gasteiger partial charge in [-0.3, -0.25) is 4.79 Å². The van der Waals surface area contributed by atoms with Crippen molar-refractivity contribution < 1.29 is 4.79 Å². The molecule has 1 aromatic rings. The first-order chi connectivity index (χ1) is 6.84. The lowest BCUT2D eigenvalue weighted by Gasteiger charge is -2.14. The number of hydrogen-bond acceptors (Lipinski definition) is 2. The van der Waals surface area contributed by atoms with E-state index in [0.717, 1.165) is 24.2 Å². The number of carbonyl (C=O) groups is 1. The highest BCUT2D eigenvalue weighted by Crippen LogP contribution is 2.17. The van der Waals surface area contributed by atoms with Gasteiger partial charge in [0.05, 0.1) is 0 Å². The van der Waals surface area contributed by atoms with Crippen molar-refractivity contribution in [1.82, 2.24) is 0 Å². The van der Waals surface area contributed by atoms with Gasteiger partial charge >= 0.3 is 0 Å². The molecule has 1 aromatic carbocycles. The third kappa shape index (κ3) is 2.22. The van der Waals surface area contributed by atoms with Crippen LogP contribution in [-0.4, -0.2) is 5.78 Å². The van der Waals surface area contributed by atoms with Gasteiger partial charge in [-0.2, -0.15) is 0 Å². The molecule has 0 heterocycles. The summed E-state index contributed by atoms with van der Waals surface area (Å²) >= 11 is 0. The van der Waals surface area contributed by atoms with Crippen LogP contribution in [-0.2, 0) is 4.79 Å². The van der Waals surface area contributed by atoms with E-state index in [1.165, 1.54) is 0 Å². The molecular formula is C12H13NO. The van der Waals surface area contributed by atoms with Crippen LogP contribution in [0.2, 0.25) is 0 Å². The van der Waals surface area contributed by atoms with E-state index in [9.17, 15) is 4.79 Å². The van der Waals surface area contributed by atoms with Gasteiger partial charge in [0.2, 0.25) is 0 Å². The van der Waals surface area contributed by atoms with Crippen molar-refractivity contribution in [2.75, 3.05) is 5.32 Å². The molecule has 14 heavy (non-hydrogen) atoms. The predicted molar refractivity (Wildman–Crippen MR) is 57.0 cm³/mol. The highest BCUT2D eigenvalue weighted by atomic mass is 16.1. The molecule has 0 fully saturated rings. The minimum atomic E-state index is 0.231. The molecule has 72 valence electrons. The van der Waals surface area contributed by atoms with Crippen molar-refractivity contribution in [2.24, 2.45) is 0 Å². The first-order valence-corrected chi connectivity index (χ1v) is 4.90. The van der Waals surface area contributed by atoms with E-state index < -0.39 is 0 Å². The number of benzene rings is 1. The zero-order chi connectivity index (χ0) is 9.80. The summed E-state index contributed by atoms with van der Waals surface area (Å²) in [7, 11) is 0. The molecular weight excluding hydrogens is 174 g/mol. The summed E-state index contributed by atoms with van der Waals surface area (Å²) in [6, 6.07) is 9.94. The summed E-state index contributed by atoms with van der Waals surface area (Å²) in [5, 5.41) is 3.25. The number of anilines is 1. The highest BCUT2D eigenvalue weighted by Gasteiger charge is 2.09. The topological polar surface area (TPSA) is 29.1 Å². The Balaban J connectivity index is 2.08. The Bertz CT molecular complexity index is 354. The lowest BCUT2D eigenvalue weighted by Crippen LogP contribution is -2.08. The first kappa shape index (κ1) is 9.00. The molecule has 0 saturated carbocycles. The average Bonchev–Trinajstić information content (AvgIpc) is 2.19. The summed E-state index contributed by atoms with van der Waals surface area (Å²) in [6.45, 7) is 0. The van der Waals surface area contributed by atoms with E-state index in [0.29, 0.717) is 6.42 Å². The molecule has 0 aliphatic heterocycles. The molecule has 2 rings (SSSR count). The number of hydrogen-bond donors (Lipinski definition) is 1. The number of rotatable bonds is 2. The molecule has 0 atom stereocenters. The molecule has 0 radical (unpaired) electrons. The van der Waals surface area contributed by atoms with Crippen molar-refractivity contribution in [3.63, 3.8) is 0 Å². The van der Waals surface area contributed by atoms with Crippen LogP contribution >= 0.6 is 0 Å². The van der Waals surface area contributed by atoms with Crippen molar-refractivity contribution in [1.29, 1.82) is 0 Å². The maximum absolute atomic E-state index is 11.1. The standard InChI is InChI=1S/C12H13NO/c14-12-8-4-7-11(9-12)13-10-5-2-1-3-6-10/h1-3,5-6,9,13H,4,7-8H2. The van der Waals surface area contributed by atoms with E-state index in [2.05, 4.69) is 5.32 Å². The second-order valence-electron chi connectivity index (χ2n) is 3.48. The van der Waals surface area contributed by atoms with Crippen LogP contribution in [0.4, 0.5) is 5.69 Å². The van der Waals surface area contributed by atoms with E-state index in [4.69, 9.17) is 0 Å². The number of nitrogens with one attached hydrogen (secondary N) is 1. The van der Waals surface area contributed by atoms with E-state index in [-0.39, 0.29) is 5.78 Å². The Labute approximate surface area is 83.6 Å². The van der Waals surface area contributed by atoms with Gasteiger partial charge in [-0.05, 0) is 25.0 Å². The molecule has 0 spiro atoms. The molecule has 1 aliphatic rings. The van der Waals surface area contributed by atoms with E-state index in [1.54, 1.807) is 6.08 Å². The van der Waals surface area contributed by atoms with Gasteiger partial charge in [0.1, 0.15) is 0 Å². The molecule has 0 aromatic heterocycles. The van der Waals surface area contributed by atoms with Crippen molar-refractivity contribution in [3.8, 4) is 0 Å². The van der Waals surface area contributed by atoms with Gasteiger partial charge in [0.25, 0.3) is 0 Å². The van der Waals surface area contributed by atoms with Crippen molar-refractivity contribution in [3.05, 3.63) is 42.1 Å². The monoisotopic (exact) mass is 187 g/mol. The number of para-hydroxylation sites is 1. The number of ketones is 1. The zero-order valence-electron chi connectivity index (χ0n) is 7.99. The number of allylic oxidation sites excluding steroid dienone is 2. The lowest BCUT2D eigenvalue weighted by atomic mass is 10.0. The third-order valence-electron chi connectivity index (χ3n) is 2.28. The Morgan fingerprint density at radius 3 is 2.57 bits per heavy atom. The minimum absolute atomic E-state index is 0.231. The summed E-state index contributed by atoms with van der Waals surface area (Å²) in [4.78, 5) is 11.1. The normalized spacial score (nSPS) is 16.3. The van der Waals surface area contributed by atoms with Gasteiger partial charge in [0, 0.05) is 23.9 Å². The maximum Gasteiger partial charge on any atom is 0.157 e. The number of carbonyl (C=O) groups excluding carboxylic acids is 1. The van der Waals surface area contributed by atoms with E-state index >= 15 is 0 Å². The SMILES string of the molecule is O=C1C=C(Nc2ccccc2)CCC1. The Hall–Kier alpha value is -1.57. The van der Waals surface area contributed by atoms with Gasteiger partial charge in [-0.1, -0.05) is 18.2 Å². The summed E-state index contributed by atoms with van der Waals surface area (Å²) in [5.74, 6) is 0.231. The third-order valence-corrected chi connectivity index (χ3v) is 2.28. The van der Waals surface area contributed by atoms with Crippen LogP contribution in [0.3, 0.4) is 0 Å². The highest BCUT2D eigenvalue weighted by molar-refractivity contribution is 5.91. The molecule has 2 heteroatoms. The molecule has 2 nitrogen and oxygen atoms in total. The van der Waals surface area contributed by atoms with E-state index in [1.807, 2.05) is 30.3 Å². The zero-order valence-corrected chi connectivity index (χ0v) is 7.99. The van der Waals surface area contributed by atoms with Gasteiger partial charge < -0.3 is 5.32 Å². The molecule has 0 bridgehead atoms. The van der Waals surface area contributed by atoms with Crippen LogP contribution < -0.4 is 5.32 Å². The second-order valence-corrected chi connectivity index (χ2v) is 3.48. The van der Waals surface area contributed by atoms with Crippen molar-refractivity contribution in [2.45, 2.75) is 19.3 Å². The Morgan fingerprint density at radius 1 is 1.07 bits per heavy atom. The summed E-state index contributed by atoms with van der Waals surface area (Å²) in [6.07, 6.45) is 4.35. The Morgan fingerprint density at radius 2 is 1.86 bits per heavy atom. The van der Waals surface area contributed by atoms with Gasteiger partial charge in [-0.15, -0.1) is 0 Å². The first-order valence-electron chi connectivity index (χ1n) is 4.90. The van der Waals surface area contributed by atoms with Crippen molar-refractivity contribution >= 4 is 11.5 Å². The molecule has 1 N–H and O–H groups in total. The van der Waals surface area contributed by atoms with Gasteiger partial charge in [-0.25, -0.2) is 0 Å². The largest absolute Gasteiger partial charge is 0.359 e. The van der Waals surface area contributed by atoms with Crippen LogP contribution in [0.1, 0.15) is 19.3 Å². The molecule has 0 saturated heterocycles. The quantitative estimate of drug-likeness (QED) is 0.771. The van der Waals surface area contributed by atoms with Gasteiger partial charge in [0.15, 0.2) is 5.78 Å². The minimum Gasteiger partial charge on any atom is -0.359 e. The fourth-order valence-corrected chi connectivity index (χ4v) is 1.60. The fourth-order valence-electron chi connectivity index (χ4n) is 1.60. The Kier molecular flexibility index (Phi) is 2.63. The summed E-state index contributed by atoms with van der Waals surface area (Å²) in [5.41, 5.74) is 2.08. The smallest absolute Gasteiger partial charge is 0.157 e. The van der Waals surface area contributed by atoms with Crippen LogP contribution in [0.25, 0.3) is 0 Å². The van der Waals surface area contributed by atoms with Crippen LogP contribution in [0, 0.1) is 0 Å². The fraction of sp³-hybridized carbons (Fsp3) is 0.250. The predicted octanol–water partition coefficient (Wildman–Crippen LogP) is 2.74. The summed E-state index contributed by atoms with van der Waals surface area (Å²) < 4.78 is 0.